The lowest BCUT2D eigenvalue weighted by atomic mass is 10.1. The lowest BCUT2D eigenvalue weighted by Gasteiger charge is -2.37. The first kappa shape index (κ1) is 14.0. The van der Waals surface area contributed by atoms with Crippen molar-refractivity contribution in [1.82, 2.24) is 19.9 Å². The predicted octanol–water partition coefficient (Wildman–Crippen LogP) is 0.605. The van der Waals surface area contributed by atoms with Crippen LogP contribution in [0.25, 0.3) is 11.0 Å². The van der Waals surface area contributed by atoms with Crippen molar-refractivity contribution >= 4 is 26.8 Å². The van der Waals surface area contributed by atoms with E-state index in [0.29, 0.717) is 16.7 Å². The van der Waals surface area contributed by atoms with E-state index in [4.69, 9.17) is 0 Å². The summed E-state index contributed by atoms with van der Waals surface area (Å²) in [6.07, 6.45) is 3.03. The van der Waals surface area contributed by atoms with E-state index in [9.17, 15) is 13.2 Å². The molecule has 112 valence electrons. The van der Waals surface area contributed by atoms with Crippen LogP contribution in [0.2, 0.25) is 0 Å². The molecule has 1 aliphatic rings. The van der Waals surface area contributed by atoms with Crippen molar-refractivity contribution in [1.29, 1.82) is 0 Å². The fraction of sp³-hybridized carbons (Fsp3) is 0.462. The Kier molecular flexibility index (Phi) is 3.20. The molecule has 0 radical (unpaired) electrons. The predicted molar refractivity (Wildman–Crippen MR) is 77.6 cm³/mol. The summed E-state index contributed by atoms with van der Waals surface area (Å²) in [5, 5.41) is 0.0783. The Bertz CT molecular complexity index is 799. The second-order valence-corrected chi connectivity index (χ2v) is 7.75. The molecule has 0 bridgehead atoms. The van der Waals surface area contributed by atoms with E-state index in [1.54, 1.807) is 31.0 Å². The fourth-order valence-corrected chi connectivity index (χ4v) is 4.20. The molecule has 2 aromatic rings. The summed E-state index contributed by atoms with van der Waals surface area (Å²) in [6.45, 7) is 3.60. The average Bonchev–Trinajstić information content (AvgIpc) is 2.92. The molecule has 2 atom stereocenters. The van der Waals surface area contributed by atoms with Crippen molar-refractivity contribution in [3.63, 3.8) is 0 Å². The molecular weight excluding hydrogens is 292 g/mol. The highest BCUT2D eigenvalue weighted by molar-refractivity contribution is 7.92. The van der Waals surface area contributed by atoms with Gasteiger partial charge in [0.25, 0.3) is 5.91 Å². The van der Waals surface area contributed by atoms with Gasteiger partial charge in [-0.2, -0.15) is 0 Å². The van der Waals surface area contributed by atoms with Crippen LogP contribution in [0.1, 0.15) is 24.3 Å². The van der Waals surface area contributed by atoms with E-state index in [2.05, 4.69) is 15.0 Å². The second kappa shape index (κ2) is 4.80. The largest absolute Gasteiger partial charge is 0.346 e. The minimum atomic E-state index is -3.12. The second-order valence-electron chi connectivity index (χ2n) is 5.27. The van der Waals surface area contributed by atoms with E-state index < -0.39 is 15.1 Å². The SMILES string of the molecule is CC1C(C)S(=O)(=O)CCN1C(=O)c1ncnc2[nH]ccc12. The van der Waals surface area contributed by atoms with Crippen LogP contribution in [0.15, 0.2) is 18.6 Å². The number of fused-ring (bicyclic) bond motifs is 1. The molecule has 2 unspecified atom stereocenters. The molecule has 0 spiro atoms. The summed E-state index contributed by atoms with van der Waals surface area (Å²) >= 11 is 0. The highest BCUT2D eigenvalue weighted by Gasteiger charge is 2.38. The van der Waals surface area contributed by atoms with E-state index >= 15 is 0 Å². The molecule has 7 nitrogen and oxygen atoms in total. The molecule has 21 heavy (non-hydrogen) atoms. The van der Waals surface area contributed by atoms with Crippen LogP contribution < -0.4 is 0 Å². The van der Waals surface area contributed by atoms with Crippen LogP contribution in [0.3, 0.4) is 0 Å². The lowest BCUT2D eigenvalue weighted by Crippen LogP contribution is -2.54. The zero-order valence-electron chi connectivity index (χ0n) is 11.8. The normalized spacial score (nSPS) is 25.1. The number of aromatic amines is 1. The number of carbonyl (C=O) groups is 1. The summed E-state index contributed by atoms with van der Waals surface area (Å²) < 4.78 is 23.8. The van der Waals surface area contributed by atoms with Crippen molar-refractivity contribution in [3.05, 3.63) is 24.3 Å². The first-order valence-corrected chi connectivity index (χ1v) is 8.44. The standard InChI is InChI=1S/C13H16N4O3S/c1-8-9(2)21(19,20)6-5-17(8)13(18)11-10-3-4-14-12(10)16-7-15-11/h3-4,7-9H,5-6H2,1-2H3,(H,14,15,16). The van der Waals surface area contributed by atoms with Gasteiger partial charge in [-0.1, -0.05) is 0 Å². The molecule has 0 aliphatic carbocycles. The third-order valence-electron chi connectivity index (χ3n) is 4.17. The fourth-order valence-electron chi connectivity index (χ4n) is 2.63. The Morgan fingerprint density at radius 1 is 1.38 bits per heavy atom. The van der Waals surface area contributed by atoms with Gasteiger partial charge >= 0.3 is 0 Å². The third kappa shape index (κ3) is 2.19. The van der Waals surface area contributed by atoms with Crippen molar-refractivity contribution < 1.29 is 13.2 Å². The number of sulfone groups is 1. The number of H-pyrrole nitrogens is 1. The first-order chi connectivity index (χ1) is 9.92. The van der Waals surface area contributed by atoms with Crippen molar-refractivity contribution in [3.8, 4) is 0 Å². The quantitative estimate of drug-likeness (QED) is 0.832. The summed E-state index contributed by atoms with van der Waals surface area (Å²) in [4.78, 5) is 25.4. The highest BCUT2D eigenvalue weighted by Crippen LogP contribution is 2.23. The van der Waals surface area contributed by atoms with Gasteiger partial charge in [-0.15, -0.1) is 0 Å². The van der Waals surface area contributed by atoms with Gasteiger partial charge in [0, 0.05) is 18.8 Å². The maximum atomic E-state index is 12.7. The van der Waals surface area contributed by atoms with Crippen LogP contribution in [0.5, 0.6) is 0 Å². The zero-order valence-corrected chi connectivity index (χ0v) is 12.6. The van der Waals surface area contributed by atoms with Crippen LogP contribution >= 0.6 is 0 Å². The van der Waals surface area contributed by atoms with Crippen LogP contribution in [0.4, 0.5) is 0 Å². The van der Waals surface area contributed by atoms with Gasteiger partial charge in [0.05, 0.1) is 16.4 Å². The van der Waals surface area contributed by atoms with Gasteiger partial charge in [0.2, 0.25) is 0 Å². The van der Waals surface area contributed by atoms with Gasteiger partial charge in [0.15, 0.2) is 9.84 Å². The number of carbonyl (C=O) groups excluding carboxylic acids is 1. The van der Waals surface area contributed by atoms with E-state index in [1.807, 2.05) is 0 Å². The van der Waals surface area contributed by atoms with Gasteiger partial charge < -0.3 is 9.88 Å². The monoisotopic (exact) mass is 308 g/mol. The molecule has 8 heteroatoms. The highest BCUT2D eigenvalue weighted by atomic mass is 32.2. The van der Waals surface area contributed by atoms with Crippen LogP contribution in [0, 0.1) is 0 Å². The van der Waals surface area contributed by atoms with Gasteiger partial charge in [-0.05, 0) is 19.9 Å². The Labute approximate surface area is 122 Å². The van der Waals surface area contributed by atoms with Crippen LogP contribution in [-0.2, 0) is 9.84 Å². The Balaban J connectivity index is 1.98. The molecule has 1 saturated heterocycles. The Hall–Kier alpha value is -1.96. The smallest absolute Gasteiger partial charge is 0.273 e. The molecule has 1 amide bonds. The first-order valence-electron chi connectivity index (χ1n) is 6.72. The Morgan fingerprint density at radius 2 is 2.14 bits per heavy atom. The van der Waals surface area contributed by atoms with E-state index in [-0.39, 0.29) is 24.2 Å². The zero-order chi connectivity index (χ0) is 15.2. The number of rotatable bonds is 1. The van der Waals surface area contributed by atoms with E-state index in [1.165, 1.54) is 6.33 Å². The molecular formula is C13H16N4O3S. The summed E-state index contributed by atoms with van der Waals surface area (Å²) in [6, 6.07) is 1.37. The average molecular weight is 308 g/mol. The van der Waals surface area contributed by atoms with Crippen LogP contribution in [-0.4, -0.2) is 57.8 Å². The third-order valence-corrected chi connectivity index (χ3v) is 6.45. The van der Waals surface area contributed by atoms with E-state index in [0.717, 1.165) is 0 Å². The molecule has 1 fully saturated rings. The maximum Gasteiger partial charge on any atom is 0.273 e. The molecule has 0 saturated carbocycles. The Morgan fingerprint density at radius 3 is 2.90 bits per heavy atom. The molecule has 1 N–H and O–H groups in total. The number of hydrogen-bond donors (Lipinski definition) is 1. The number of aromatic nitrogens is 3. The minimum absolute atomic E-state index is 0.00832. The molecule has 0 aromatic carbocycles. The molecule has 3 heterocycles. The minimum Gasteiger partial charge on any atom is -0.346 e. The molecule has 3 rings (SSSR count). The van der Waals surface area contributed by atoms with Gasteiger partial charge in [-0.25, -0.2) is 18.4 Å². The van der Waals surface area contributed by atoms with Crippen molar-refractivity contribution in [2.75, 3.05) is 12.3 Å². The topological polar surface area (TPSA) is 96.0 Å². The summed E-state index contributed by atoms with van der Waals surface area (Å²) in [5.41, 5.74) is 0.901. The number of hydrogen-bond acceptors (Lipinski definition) is 5. The molecule has 2 aromatic heterocycles. The van der Waals surface area contributed by atoms with Crippen molar-refractivity contribution in [2.45, 2.75) is 25.1 Å². The number of amides is 1. The number of nitrogens with zero attached hydrogens (tertiary/aromatic N) is 3. The van der Waals surface area contributed by atoms with Crippen molar-refractivity contribution in [2.24, 2.45) is 0 Å². The summed E-state index contributed by atoms with van der Waals surface area (Å²) in [7, 11) is -3.12. The maximum absolute atomic E-state index is 12.7. The molecule has 1 aliphatic heterocycles. The summed E-state index contributed by atoms with van der Waals surface area (Å²) in [5.74, 6) is -0.262. The van der Waals surface area contributed by atoms with Gasteiger partial charge in [-0.3, -0.25) is 4.79 Å². The van der Waals surface area contributed by atoms with Gasteiger partial charge in [0.1, 0.15) is 17.7 Å². The lowest BCUT2D eigenvalue weighted by molar-refractivity contribution is 0.0689. The number of nitrogens with one attached hydrogen (secondary N) is 1.